The van der Waals surface area contributed by atoms with Gasteiger partial charge in [-0.1, -0.05) is 24.3 Å². The number of carbonyl (C=O) groups excluding carboxylic acids is 2. The highest BCUT2D eigenvalue weighted by Gasteiger charge is 2.49. The third kappa shape index (κ3) is 2.06. The minimum atomic E-state index is -0.925. The van der Waals surface area contributed by atoms with Crippen molar-refractivity contribution in [2.75, 3.05) is 28.2 Å². The van der Waals surface area contributed by atoms with Crippen LogP contribution in [0.15, 0.2) is 29.8 Å². The maximum atomic E-state index is 12.8. The first kappa shape index (κ1) is 15.3. The molecule has 1 unspecified atom stereocenters. The third-order valence-electron chi connectivity index (χ3n) is 4.20. The Morgan fingerprint density at radius 2 is 1.57 bits per heavy atom. The fraction of sp³-hybridized carbons (Fsp3) is 0.412. The van der Waals surface area contributed by atoms with Crippen molar-refractivity contribution in [2.45, 2.75) is 19.3 Å². The number of amides is 2. The van der Waals surface area contributed by atoms with Crippen molar-refractivity contribution in [2.24, 2.45) is 0 Å². The minimum Gasteiger partial charge on any atom is -0.348 e. The van der Waals surface area contributed by atoms with Crippen LogP contribution in [-0.4, -0.2) is 49.8 Å². The van der Waals surface area contributed by atoms with Crippen molar-refractivity contribution in [1.82, 2.24) is 9.80 Å². The van der Waals surface area contributed by atoms with E-state index in [0.29, 0.717) is 5.57 Å². The maximum absolute atomic E-state index is 12.8. The Bertz CT molecular complexity index is 644. The summed E-state index contributed by atoms with van der Waals surface area (Å²) in [5.41, 5.74) is 2.44. The topological polar surface area (TPSA) is 40.6 Å². The van der Waals surface area contributed by atoms with Crippen LogP contribution in [0.25, 0.3) is 5.57 Å². The van der Waals surface area contributed by atoms with Gasteiger partial charge in [0.2, 0.25) is 5.91 Å². The van der Waals surface area contributed by atoms with E-state index in [9.17, 15) is 9.59 Å². The average molecular weight is 286 g/mol. The van der Waals surface area contributed by atoms with Gasteiger partial charge in [0.05, 0.1) is 0 Å². The van der Waals surface area contributed by atoms with E-state index in [1.54, 1.807) is 33.1 Å². The predicted molar refractivity (Wildman–Crippen MR) is 83.8 cm³/mol. The molecule has 1 aromatic carbocycles. The number of hydrogen-bond donors (Lipinski definition) is 0. The van der Waals surface area contributed by atoms with Gasteiger partial charge in [-0.2, -0.15) is 0 Å². The summed E-state index contributed by atoms with van der Waals surface area (Å²) in [6.07, 6.45) is 0. The molecule has 0 aliphatic heterocycles. The van der Waals surface area contributed by atoms with Crippen LogP contribution in [0.5, 0.6) is 0 Å². The highest BCUT2D eigenvalue weighted by molar-refractivity contribution is 6.14. The van der Waals surface area contributed by atoms with Gasteiger partial charge in [0.25, 0.3) is 5.91 Å². The standard InChI is InChI=1S/C17H22N2O2/c1-11-12-9-7-8-10-13(12)17(2,16(21)19(5)6)14(11)15(20)18(3)4/h7-10H,1-6H3. The first-order chi connectivity index (χ1) is 9.72. The predicted octanol–water partition coefficient (Wildman–Crippen LogP) is 1.91. The number of likely N-dealkylation sites (N-methyl/N-ethyl adjacent to an activating group) is 2. The van der Waals surface area contributed by atoms with Gasteiger partial charge < -0.3 is 9.80 Å². The van der Waals surface area contributed by atoms with E-state index in [1.807, 2.05) is 38.1 Å². The van der Waals surface area contributed by atoms with Gasteiger partial charge in [-0.25, -0.2) is 0 Å². The van der Waals surface area contributed by atoms with Crippen LogP contribution in [0.1, 0.15) is 25.0 Å². The van der Waals surface area contributed by atoms with E-state index in [-0.39, 0.29) is 11.8 Å². The Labute approximate surface area is 126 Å². The summed E-state index contributed by atoms with van der Waals surface area (Å²) in [5.74, 6) is -0.182. The Hall–Kier alpha value is -2.10. The maximum Gasteiger partial charge on any atom is 0.250 e. The fourth-order valence-corrected chi connectivity index (χ4v) is 3.16. The van der Waals surface area contributed by atoms with E-state index >= 15 is 0 Å². The Kier molecular flexibility index (Phi) is 3.66. The summed E-state index contributed by atoms with van der Waals surface area (Å²) in [5, 5.41) is 0. The SMILES string of the molecule is CC1=C(C(=O)N(C)C)C(C)(C(=O)N(C)C)c2ccccc21. The average Bonchev–Trinajstić information content (AvgIpc) is 2.67. The van der Waals surface area contributed by atoms with Crippen LogP contribution in [0.4, 0.5) is 0 Å². The first-order valence-electron chi connectivity index (χ1n) is 6.97. The summed E-state index contributed by atoms with van der Waals surface area (Å²) in [6.45, 7) is 3.77. The number of carbonyl (C=O) groups is 2. The molecule has 0 N–H and O–H groups in total. The molecule has 0 saturated heterocycles. The van der Waals surface area contributed by atoms with Gasteiger partial charge >= 0.3 is 0 Å². The molecule has 1 atom stereocenters. The van der Waals surface area contributed by atoms with Gasteiger partial charge in [0.1, 0.15) is 5.41 Å². The second-order valence-corrected chi connectivity index (χ2v) is 6.07. The molecule has 112 valence electrons. The quantitative estimate of drug-likeness (QED) is 0.833. The molecule has 0 spiro atoms. The Morgan fingerprint density at radius 3 is 2.10 bits per heavy atom. The zero-order valence-electron chi connectivity index (χ0n) is 13.5. The molecule has 2 rings (SSSR count). The summed E-state index contributed by atoms with van der Waals surface area (Å²) in [6, 6.07) is 7.76. The van der Waals surface area contributed by atoms with Gasteiger partial charge in [-0.3, -0.25) is 9.59 Å². The zero-order chi connectivity index (χ0) is 15.9. The molecular weight excluding hydrogens is 264 g/mol. The van der Waals surface area contributed by atoms with E-state index in [0.717, 1.165) is 16.7 Å². The number of rotatable bonds is 2. The van der Waals surface area contributed by atoms with Crippen LogP contribution in [0.3, 0.4) is 0 Å². The molecule has 4 heteroatoms. The van der Waals surface area contributed by atoms with Crippen molar-refractivity contribution < 1.29 is 9.59 Å². The van der Waals surface area contributed by atoms with Crippen LogP contribution in [0, 0.1) is 0 Å². The normalized spacial score (nSPS) is 20.3. The number of benzene rings is 1. The van der Waals surface area contributed by atoms with Crippen molar-refractivity contribution in [1.29, 1.82) is 0 Å². The monoisotopic (exact) mass is 286 g/mol. The highest BCUT2D eigenvalue weighted by atomic mass is 16.2. The van der Waals surface area contributed by atoms with Crippen LogP contribution in [0.2, 0.25) is 0 Å². The van der Waals surface area contributed by atoms with Gasteiger partial charge in [-0.05, 0) is 30.5 Å². The lowest BCUT2D eigenvalue weighted by Crippen LogP contribution is -2.45. The van der Waals surface area contributed by atoms with Crippen LogP contribution in [-0.2, 0) is 15.0 Å². The lowest BCUT2D eigenvalue weighted by atomic mass is 9.77. The number of nitrogens with zero attached hydrogens (tertiary/aromatic N) is 2. The third-order valence-corrected chi connectivity index (χ3v) is 4.20. The molecule has 0 bridgehead atoms. The van der Waals surface area contributed by atoms with E-state index in [1.165, 1.54) is 4.90 Å². The van der Waals surface area contributed by atoms with Crippen LogP contribution >= 0.6 is 0 Å². The zero-order valence-corrected chi connectivity index (χ0v) is 13.5. The van der Waals surface area contributed by atoms with Crippen molar-refractivity contribution in [3.05, 3.63) is 41.0 Å². The molecule has 2 amide bonds. The van der Waals surface area contributed by atoms with E-state index < -0.39 is 5.41 Å². The van der Waals surface area contributed by atoms with Gasteiger partial charge in [-0.15, -0.1) is 0 Å². The van der Waals surface area contributed by atoms with E-state index in [4.69, 9.17) is 0 Å². The first-order valence-corrected chi connectivity index (χ1v) is 6.97. The summed E-state index contributed by atoms with van der Waals surface area (Å²) >= 11 is 0. The number of fused-ring (bicyclic) bond motifs is 1. The lowest BCUT2D eigenvalue weighted by molar-refractivity contribution is -0.135. The summed E-state index contributed by atoms with van der Waals surface area (Å²) in [7, 11) is 6.88. The van der Waals surface area contributed by atoms with Crippen molar-refractivity contribution in [3.63, 3.8) is 0 Å². The van der Waals surface area contributed by atoms with Gasteiger partial charge in [0, 0.05) is 33.8 Å². The molecule has 4 nitrogen and oxygen atoms in total. The second kappa shape index (κ2) is 5.02. The van der Waals surface area contributed by atoms with Crippen molar-refractivity contribution in [3.8, 4) is 0 Å². The fourth-order valence-electron chi connectivity index (χ4n) is 3.16. The van der Waals surface area contributed by atoms with Crippen LogP contribution < -0.4 is 0 Å². The van der Waals surface area contributed by atoms with Crippen molar-refractivity contribution >= 4 is 17.4 Å². The van der Waals surface area contributed by atoms with Gasteiger partial charge in [0.15, 0.2) is 0 Å². The molecule has 0 heterocycles. The molecule has 1 aromatic rings. The molecule has 1 aliphatic carbocycles. The summed E-state index contributed by atoms with van der Waals surface area (Å²) < 4.78 is 0. The Morgan fingerprint density at radius 1 is 1.00 bits per heavy atom. The second-order valence-electron chi connectivity index (χ2n) is 6.07. The number of allylic oxidation sites excluding steroid dienone is 1. The molecule has 0 aromatic heterocycles. The lowest BCUT2D eigenvalue weighted by Gasteiger charge is -2.31. The summed E-state index contributed by atoms with van der Waals surface area (Å²) in [4.78, 5) is 28.6. The van der Waals surface area contributed by atoms with E-state index in [2.05, 4.69) is 0 Å². The Balaban J connectivity index is 2.75. The smallest absolute Gasteiger partial charge is 0.250 e. The molecule has 0 saturated carbocycles. The number of hydrogen-bond acceptors (Lipinski definition) is 2. The molecular formula is C17H22N2O2. The largest absolute Gasteiger partial charge is 0.348 e. The molecule has 1 aliphatic rings. The molecule has 0 fully saturated rings. The highest BCUT2D eigenvalue weighted by Crippen LogP contribution is 2.47. The molecule has 21 heavy (non-hydrogen) atoms. The molecule has 0 radical (unpaired) electrons. The minimum absolute atomic E-state index is 0.0722.